The minimum atomic E-state index is -0.531. The Kier molecular flexibility index (Phi) is 8.60. The summed E-state index contributed by atoms with van der Waals surface area (Å²) in [5.41, 5.74) is 4.56. The van der Waals surface area contributed by atoms with Gasteiger partial charge in [-0.1, -0.05) is 75.7 Å². The molecule has 0 aromatic heterocycles. The number of piperidine rings is 1. The number of likely N-dealkylation sites (tertiary alicyclic amines) is 1. The van der Waals surface area contributed by atoms with Crippen molar-refractivity contribution in [3.05, 3.63) is 100 Å². The summed E-state index contributed by atoms with van der Waals surface area (Å²) in [5.74, 6) is -1.50. The molecule has 3 aromatic carbocycles. The number of hydrogen-bond acceptors (Lipinski definition) is 3. The number of halogens is 1. The normalized spacial score (nSPS) is 19.5. The van der Waals surface area contributed by atoms with Gasteiger partial charge in [0.05, 0.1) is 17.5 Å². The van der Waals surface area contributed by atoms with E-state index in [9.17, 15) is 14.0 Å². The summed E-state index contributed by atoms with van der Waals surface area (Å²) in [5, 5.41) is 6.74. The topological polar surface area (TPSA) is 61.4 Å². The van der Waals surface area contributed by atoms with Crippen molar-refractivity contribution >= 4 is 17.5 Å². The van der Waals surface area contributed by atoms with Gasteiger partial charge in [0.2, 0.25) is 5.91 Å². The van der Waals surface area contributed by atoms with Crippen LogP contribution in [0.4, 0.5) is 10.1 Å². The van der Waals surface area contributed by atoms with Crippen LogP contribution in [0.5, 0.6) is 0 Å². The third-order valence-electron chi connectivity index (χ3n) is 8.68. The van der Waals surface area contributed by atoms with Gasteiger partial charge >= 0.3 is 0 Å². The first kappa shape index (κ1) is 29.0. The van der Waals surface area contributed by atoms with Gasteiger partial charge in [0.25, 0.3) is 5.91 Å². The first-order chi connectivity index (χ1) is 19.6. The molecular weight excluding hydrogens is 513 g/mol. The van der Waals surface area contributed by atoms with E-state index in [1.807, 2.05) is 30.3 Å². The maximum absolute atomic E-state index is 15.0. The monoisotopic (exact) mass is 555 g/mol. The van der Waals surface area contributed by atoms with Crippen LogP contribution in [-0.4, -0.2) is 29.3 Å². The van der Waals surface area contributed by atoms with Gasteiger partial charge in [0, 0.05) is 24.8 Å². The van der Waals surface area contributed by atoms with Gasteiger partial charge in [-0.3, -0.25) is 9.59 Å². The largest absolute Gasteiger partial charge is 0.331 e. The number of anilines is 1. The van der Waals surface area contributed by atoms with Crippen molar-refractivity contribution < 1.29 is 14.0 Å². The lowest BCUT2D eigenvalue weighted by Crippen LogP contribution is -2.46. The number of amides is 2. The molecule has 5 nitrogen and oxygen atoms in total. The number of nitrogens with one attached hydrogen (secondary N) is 2. The van der Waals surface area contributed by atoms with E-state index in [4.69, 9.17) is 0 Å². The van der Waals surface area contributed by atoms with E-state index in [2.05, 4.69) is 49.6 Å². The zero-order valence-electron chi connectivity index (χ0n) is 24.7. The summed E-state index contributed by atoms with van der Waals surface area (Å²) in [7, 11) is 0. The standard InChI is InChI=1S/C35H42FN3O2/c1-23-9-5-15-30(36)31(23)34(41)39-20-8-14-29(33(40)38-28-13-6-10-26(21-28)35(2,3)4)32(39)25-18-16-24(17-19-25)22-37-27-11-7-12-27/h5-6,9-10,13,15-19,21,27,29,32,37H,7-8,11-12,14,20,22H2,1-4H3,(H,38,40)/t29-,32-/m0/s1. The first-order valence-electron chi connectivity index (χ1n) is 14.9. The molecule has 0 radical (unpaired) electrons. The third kappa shape index (κ3) is 6.54. The minimum Gasteiger partial charge on any atom is -0.331 e. The molecule has 1 aliphatic heterocycles. The quantitative estimate of drug-likeness (QED) is 0.321. The number of carbonyl (C=O) groups excluding carboxylic acids is 2. The Hall–Kier alpha value is -3.51. The molecule has 0 spiro atoms. The Morgan fingerprint density at radius 2 is 1.68 bits per heavy atom. The van der Waals surface area contributed by atoms with Crippen LogP contribution in [0.3, 0.4) is 0 Å². The molecule has 1 heterocycles. The van der Waals surface area contributed by atoms with Crippen molar-refractivity contribution in [2.24, 2.45) is 5.92 Å². The molecule has 3 aromatic rings. The van der Waals surface area contributed by atoms with E-state index in [-0.39, 0.29) is 22.8 Å². The number of benzene rings is 3. The van der Waals surface area contributed by atoms with E-state index < -0.39 is 17.8 Å². The first-order valence-corrected chi connectivity index (χ1v) is 14.9. The Balaban J connectivity index is 1.45. The van der Waals surface area contributed by atoms with Gasteiger partial charge in [0.15, 0.2) is 0 Å². The van der Waals surface area contributed by atoms with E-state index >= 15 is 0 Å². The highest BCUT2D eigenvalue weighted by atomic mass is 19.1. The second-order valence-corrected chi connectivity index (χ2v) is 12.7. The lowest BCUT2D eigenvalue weighted by Gasteiger charge is -2.41. The highest BCUT2D eigenvalue weighted by Crippen LogP contribution is 2.39. The van der Waals surface area contributed by atoms with Gasteiger partial charge < -0.3 is 15.5 Å². The molecule has 0 bridgehead atoms. The van der Waals surface area contributed by atoms with Crippen molar-refractivity contribution in [3.8, 4) is 0 Å². The van der Waals surface area contributed by atoms with Crippen LogP contribution < -0.4 is 10.6 Å². The van der Waals surface area contributed by atoms with Crippen molar-refractivity contribution in [1.29, 1.82) is 0 Å². The van der Waals surface area contributed by atoms with Crippen molar-refractivity contribution in [3.63, 3.8) is 0 Å². The fourth-order valence-electron chi connectivity index (χ4n) is 5.96. The Morgan fingerprint density at radius 3 is 2.34 bits per heavy atom. The van der Waals surface area contributed by atoms with E-state index in [0.717, 1.165) is 23.4 Å². The SMILES string of the molecule is Cc1cccc(F)c1C(=O)N1CCC[C@H](C(=O)Nc2cccc(C(C)(C)C)c2)[C@@H]1c1ccc(CNC2CCC2)cc1. The zero-order chi connectivity index (χ0) is 29.1. The summed E-state index contributed by atoms with van der Waals surface area (Å²) in [4.78, 5) is 29.6. The predicted octanol–water partition coefficient (Wildman–Crippen LogP) is 7.31. The molecule has 6 heteroatoms. The second kappa shape index (κ2) is 12.2. The van der Waals surface area contributed by atoms with Crippen LogP contribution in [0.15, 0.2) is 66.7 Å². The number of aryl methyl sites for hydroxylation is 1. The zero-order valence-corrected chi connectivity index (χ0v) is 24.7. The molecule has 2 N–H and O–H groups in total. The molecule has 1 saturated heterocycles. The molecule has 2 amide bonds. The van der Waals surface area contributed by atoms with Crippen LogP contribution in [-0.2, 0) is 16.8 Å². The van der Waals surface area contributed by atoms with Gasteiger partial charge in [0.1, 0.15) is 5.82 Å². The second-order valence-electron chi connectivity index (χ2n) is 12.7. The van der Waals surface area contributed by atoms with Crippen molar-refractivity contribution in [2.75, 3.05) is 11.9 Å². The summed E-state index contributed by atoms with van der Waals surface area (Å²) in [6.45, 7) is 9.44. The molecule has 1 saturated carbocycles. The van der Waals surface area contributed by atoms with Crippen LogP contribution in [0.2, 0.25) is 0 Å². The van der Waals surface area contributed by atoms with E-state index in [1.54, 1.807) is 24.0 Å². The highest BCUT2D eigenvalue weighted by Gasteiger charge is 2.40. The Morgan fingerprint density at radius 1 is 0.951 bits per heavy atom. The van der Waals surface area contributed by atoms with Gasteiger partial charge in [-0.05, 0) is 78.5 Å². The Labute approximate surface area is 243 Å². The van der Waals surface area contributed by atoms with Gasteiger partial charge in [-0.2, -0.15) is 0 Å². The minimum absolute atomic E-state index is 0.0514. The lowest BCUT2D eigenvalue weighted by atomic mass is 9.82. The maximum Gasteiger partial charge on any atom is 0.257 e. The fourth-order valence-corrected chi connectivity index (χ4v) is 5.96. The predicted molar refractivity (Wildman–Crippen MR) is 162 cm³/mol. The highest BCUT2D eigenvalue weighted by molar-refractivity contribution is 5.98. The van der Waals surface area contributed by atoms with Crippen molar-refractivity contribution in [1.82, 2.24) is 10.2 Å². The maximum atomic E-state index is 15.0. The number of carbonyl (C=O) groups is 2. The van der Waals surface area contributed by atoms with E-state index in [1.165, 1.54) is 30.9 Å². The number of hydrogen-bond donors (Lipinski definition) is 2. The van der Waals surface area contributed by atoms with Crippen LogP contribution in [0.1, 0.15) is 91.5 Å². The number of nitrogens with zero attached hydrogens (tertiary/aromatic N) is 1. The van der Waals surface area contributed by atoms with Crippen LogP contribution in [0, 0.1) is 18.7 Å². The molecular formula is C35H42FN3O2. The third-order valence-corrected chi connectivity index (χ3v) is 8.68. The number of rotatable bonds is 7. The molecule has 2 atom stereocenters. The summed E-state index contributed by atoms with van der Waals surface area (Å²) in [6.07, 6.45) is 5.04. The molecule has 216 valence electrons. The molecule has 0 unspecified atom stereocenters. The van der Waals surface area contributed by atoms with Gasteiger partial charge in [-0.25, -0.2) is 4.39 Å². The van der Waals surface area contributed by atoms with Gasteiger partial charge in [-0.15, -0.1) is 0 Å². The van der Waals surface area contributed by atoms with E-state index in [0.29, 0.717) is 31.0 Å². The van der Waals surface area contributed by atoms with Crippen LogP contribution in [0.25, 0.3) is 0 Å². The molecule has 2 fully saturated rings. The molecule has 41 heavy (non-hydrogen) atoms. The average molecular weight is 556 g/mol. The summed E-state index contributed by atoms with van der Waals surface area (Å²) in [6, 6.07) is 21.0. The molecule has 2 aliphatic rings. The average Bonchev–Trinajstić information content (AvgIpc) is 2.91. The van der Waals surface area contributed by atoms with Crippen LogP contribution >= 0.6 is 0 Å². The smallest absolute Gasteiger partial charge is 0.257 e. The van der Waals surface area contributed by atoms with Crippen molar-refractivity contribution in [2.45, 2.75) is 83.8 Å². The molecule has 1 aliphatic carbocycles. The summed E-state index contributed by atoms with van der Waals surface area (Å²) < 4.78 is 15.0. The molecule has 5 rings (SSSR count). The Bertz CT molecular complexity index is 1370. The lowest BCUT2D eigenvalue weighted by molar-refractivity contribution is -0.123. The fraction of sp³-hybridized carbons (Fsp3) is 0.429. The summed E-state index contributed by atoms with van der Waals surface area (Å²) >= 11 is 0.